The van der Waals surface area contributed by atoms with Gasteiger partial charge in [-0.25, -0.2) is 0 Å². The molecule has 1 aliphatic heterocycles. The van der Waals surface area contributed by atoms with Crippen molar-refractivity contribution in [2.24, 2.45) is 11.1 Å². The van der Waals surface area contributed by atoms with Crippen LogP contribution in [0.1, 0.15) is 73.8 Å². The van der Waals surface area contributed by atoms with Crippen LogP contribution in [-0.2, 0) is 14.4 Å². The maximum absolute atomic E-state index is 12.9. The molecule has 4 aliphatic rings. The summed E-state index contributed by atoms with van der Waals surface area (Å²) in [4.78, 5) is 18.3. The molecule has 4 atom stereocenters. The quantitative estimate of drug-likeness (QED) is 0.674. The van der Waals surface area contributed by atoms with E-state index >= 15 is 0 Å². The highest BCUT2D eigenvalue weighted by molar-refractivity contribution is 6.39. The third-order valence-corrected chi connectivity index (χ3v) is 7.66. The van der Waals surface area contributed by atoms with Gasteiger partial charge in [0.25, 0.3) is 5.91 Å². The van der Waals surface area contributed by atoms with E-state index in [4.69, 9.17) is 9.25 Å². The van der Waals surface area contributed by atoms with Gasteiger partial charge in [0.15, 0.2) is 6.10 Å². The Labute approximate surface area is 192 Å². The average Bonchev–Trinajstić information content (AvgIpc) is 3.44. The summed E-state index contributed by atoms with van der Waals surface area (Å²) in [5, 5.41) is 15.4. The molecule has 3 unspecified atom stereocenters. The van der Waals surface area contributed by atoms with Crippen molar-refractivity contribution in [1.29, 1.82) is 0 Å². The summed E-state index contributed by atoms with van der Waals surface area (Å²) in [6.45, 7) is 0. The molecule has 2 heterocycles. The normalized spacial score (nSPS) is 34.1. The van der Waals surface area contributed by atoms with E-state index in [0.29, 0.717) is 30.3 Å². The number of hydrogen-bond donors (Lipinski definition) is 1. The lowest BCUT2D eigenvalue weighted by Gasteiger charge is -2.62. The molecule has 0 saturated heterocycles. The molecule has 11 heteroatoms. The van der Waals surface area contributed by atoms with Gasteiger partial charge in [-0.2, -0.15) is 0 Å². The summed E-state index contributed by atoms with van der Waals surface area (Å²) in [5.74, 6) is 0.671. The number of nitrogens with one attached hydrogen (secondary N) is 1. The molecular formula is C23H23F3N4O4. The minimum absolute atomic E-state index is 0.0384. The summed E-state index contributed by atoms with van der Waals surface area (Å²) in [5.41, 5.74) is 1.07. The number of nitrogens with zero attached hydrogens (tertiary/aromatic N) is 3. The highest BCUT2D eigenvalue weighted by Gasteiger charge is 2.63. The fraction of sp³-hybridized carbons (Fsp3) is 0.565. The number of ether oxygens (including phenoxy) is 1. The van der Waals surface area contributed by atoms with Crippen molar-refractivity contribution in [2.75, 3.05) is 0 Å². The van der Waals surface area contributed by atoms with Crippen molar-refractivity contribution in [1.82, 2.24) is 15.5 Å². The second-order valence-electron chi connectivity index (χ2n) is 9.65. The van der Waals surface area contributed by atoms with Gasteiger partial charge in [0, 0.05) is 23.8 Å². The van der Waals surface area contributed by atoms with E-state index < -0.39 is 12.5 Å². The van der Waals surface area contributed by atoms with E-state index in [1.165, 1.54) is 0 Å². The van der Waals surface area contributed by atoms with Gasteiger partial charge in [0.1, 0.15) is 5.71 Å². The van der Waals surface area contributed by atoms with Crippen LogP contribution in [0.25, 0.3) is 0 Å². The van der Waals surface area contributed by atoms with Gasteiger partial charge in [0.05, 0.1) is 6.10 Å². The lowest BCUT2D eigenvalue weighted by Crippen LogP contribution is -2.70. The fourth-order valence-electron chi connectivity index (χ4n) is 5.61. The van der Waals surface area contributed by atoms with Crippen molar-refractivity contribution in [2.45, 2.75) is 74.5 Å². The summed E-state index contributed by atoms with van der Waals surface area (Å²) >= 11 is 0. The molecule has 0 bridgehead atoms. The second-order valence-corrected chi connectivity index (χ2v) is 9.65. The van der Waals surface area contributed by atoms with Crippen molar-refractivity contribution < 1.29 is 32.0 Å². The van der Waals surface area contributed by atoms with Gasteiger partial charge in [0.2, 0.25) is 11.8 Å². The summed E-state index contributed by atoms with van der Waals surface area (Å²) in [6.07, 6.45) is -2.40. The largest absolute Gasteiger partial charge is 0.522 e. The molecule has 3 saturated carbocycles. The third-order valence-electron chi connectivity index (χ3n) is 7.66. The van der Waals surface area contributed by atoms with E-state index in [1.807, 2.05) is 30.3 Å². The minimum Gasteiger partial charge on any atom is -0.425 e. The zero-order valence-electron chi connectivity index (χ0n) is 18.1. The van der Waals surface area contributed by atoms with Crippen molar-refractivity contribution >= 4 is 11.6 Å². The first-order valence-corrected chi connectivity index (χ1v) is 11.5. The SMILES string of the molecule is O=C(NC12CCC1C(c1nnc(C3CC(OC(F)(F)F)C3)o1)C2)C1=NO[C@H](c2ccccc2)C1. The molecule has 2 aromatic rings. The molecule has 3 fully saturated rings. The van der Waals surface area contributed by atoms with Crippen LogP contribution in [0.4, 0.5) is 13.2 Å². The number of aromatic nitrogens is 2. The van der Waals surface area contributed by atoms with Crippen LogP contribution in [-0.4, -0.2) is 39.8 Å². The lowest BCUT2D eigenvalue weighted by atomic mass is 9.47. The molecule has 0 spiro atoms. The van der Waals surface area contributed by atoms with Crippen LogP contribution in [0, 0.1) is 5.92 Å². The number of oxime groups is 1. The van der Waals surface area contributed by atoms with Crippen LogP contribution in [0.3, 0.4) is 0 Å². The summed E-state index contributed by atoms with van der Waals surface area (Å²) < 4.78 is 46.8. The Kier molecular flexibility index (Phi) is 4.94. The predicted molar refractivity (Wildman–Crippen MR) is 110 cm³/mol. The van der Waals surface area contributed by atoms with E-state index in [1.54, 1.807) is 0 Å². The van der Waals surface area contributed by atoms with Crippen LogP contribution >= 0.6 is 0 Å². The highest BCUT2D eigenvalue weighted by atomic mass is 19.4. The average molecular weight is 476 g/mol. The zero-order chi connectivity index (χ0) is 23.5. The summed E-state index contributed by atoms with van der Waals surface area (Å²) in [6, 6.07) is 9.67. The van der Waals surface area contributed by atoms with Gasteiger partial charge in [-0.3, -0.25) is 9.53 Å². The Morgan fingerprint density at radius 1 is 1.15 bits per heavy atom. The molecule has 1 aromatic heterocycles. The Hall–Kier alpha value is -2.95. The van der Waals surface area contributed by atoms with Gasteiger partial charge < -0.3 is 14.6 Å². The molecule has 1 aromatic carbocycles. The maximum Gasteiger partial charge on any atom is 0.522 e. The number of alkyl halides is 3. The molecular weight excluding hydrogens is 453 g/mol. The lowest BCUT2D eigenvalue weighted by molar-refractivity contribution is -0.352. The monoisotopic (exact) mass is 476 g/mol. The van der Waals surface area contributed by atoms with Crippen molar-refractivity contribution in [3.63, 3.8) is 0 Å². The third kappa shape index (κ3) is 3.75. The first-order valence-electron chi connectivity index (χ1n) is 11.5. The maximum atomic E-state index is 12.9. The smallest absolute Gasteiger partial charge is 0.425 e. The number of halogens is 3. The van der Waals surface area contributed by atoms with Gasteiger partial charge in [-0.05, 0) is 43.6 Å². The number of fused-ring (bicyclic) bond motifs is 1. The Morgan fingerprint density at radius 2 is 1.91 bits per heavy atom. The predicted octanol–water partition coefficient (Wildman–Crippen LogP) is 4.12. The molecule has 1 amide bonds. The molecule has 1 N–H and O–H groups in total. The number of carbonyl (C=O) groups excluding carboxylic acids is 1. The number of benzene rings is 1. The van der Waals surface area contributed by atoms with E-state index in [2.05, 4.69) is 25.4 Å². The standard InChI is InChI=1S/C23H23F3N4O4/c24-23(25,26)33-14-8-13(9-14)20-28-29-21(32-20)15-11-22(7-6-16(15)22)27-19(31)17-10-18(34-30-17)12-4-2-1-3-5-12/h1-5,13-16,18H,6-11H2,(H,27,31)/t13?,14?,15?,16?,18-,22?/m0/s1. The number of rotatable bonds is 6. The van der Waals surface area contributed by atoms with E-state index in [0.717, 1.165) is 18.4 Å². The first kappa shape index (κ1) is 21.6. The van der Waals surface area contributed by atoms with E-state index in [-0.39, 0.29) is 48.1 Å². The van der Waals surface area contributed by atoms with Gasteiger partial charge >= 0.3 is 6.36 Å². The van der Waals surface area contributed by atoms with Crippen LogP contribution in [0.15, 0.2) is 39.9 Å². The van der Waals surface area contributed by atoms with Crippen LogP contribution in [0.2, 0.25) is 0 Å². The number of hydrogen-bond acceptors (Lipinski definition) is 7. The topological polar surface area (TPSA) is 98.8 Å². The van der Waals surface area contributed by atoms with Gasteiger partial charge in [-0.1, -0.05) is 35.5 Å². The molecule has 0 radical (unpaired) electrons. The Bertz CT molecular complexity index is 1110. The molecule has 34 heavy (non-hydrogen) atoms. The first-order chi connectivity index (χ1) is 16.3. The van der Waals surface area contributed by atoms with Gasteiger partial charge in [-0.15, -0.1) is 23.4 Å². The number of carbonyl (C=O) groups is 1. The summed E-state index contributed by atoms with van der Waals surface area (Å²) in [7, 11) is 0. The molecule has 180 valence electrons. The molecule has 6 rings (SSSR count). The number of amides is 1. The van der Waals surface area contributed by atoms with Crippen molar-refractivity contribution in [3.05, 3.63) is 47.7 Å². The molecule has 3 aliphatic carbocycles. The Morgan fingerprint density at radius 3 is 2.59 bits per heavy atom. The van der Waals surface area contributed by atoms with E-state index in [9.17, 15) is 18.0 Å². The fourth-order valence-corrected chi connectivity index (χ4v) is 5.61. The second kappa shape index (κ2) is 7.79. The van der Waals surface area contributed by atoms with Crippen molar-refractivity contribution in [3.8, 4) is 0 Å². The Balaban J connectivity index is 1.02. The zero-order valence-corrected chi connectivity index (χ0v) is 18.1. The highest BCUT2D eigenvalue weighted by Crippen LogP contribution is 2.61. The molecule has 8 nitrogen and oxygen atoms in total. The van der Waals surface area contributed by atoms with Crippen LogP contribution < -0.4 is 5.32 Å². The minimum atomic E-state index is -4.63. The van der Waals surface area contributed by atoms with Crippen LogP contribution in [0.5, 0.6) is 0 Å².